The van der Waals surface area contributed by atoms with E-state index in [0.29, 0.717) is 19.4 Å². The van der Waals surface area contributed by atoms with Gasteiger partial charge in [-0.25, -0.2) is 4.79 Å². The van der Waals surface area contributed by atoms with Gasteiger partial charge < -0.3 is 14.6 Å². The third-order valence-corrected chi connectivity index (χ3v) is 3.48. The second kappa shape index (κ2) is 5.15. The normalized spacial score (nSPS) is 28.9. The number of carbonyl (C=O) groups is 1. The Morgan fingerprint density at radius 1 is 1.31 bits per heavy atom. The summed E-state index contributed by atoms with van der Waals surface area (Å²) in [6.07, 6.45) is 6.02. The first kappa shape index (κ1) is 11.9. The van der Waals surface area contributed by atoms with Crippen LogP contribution in [-0.2, 0) is 14.3 Å². The Morgan fingerprint density at radius 3 is 2.69 bits per heavy atom. The molecule has 4 heteroatoms. The van der Waals surface area contributed by atoms with E-state index in [1.54, 1.807) is 0 Å². The van der Waals surface area contributed by atoms with Gasteiger partial charge in [0, 0.05) is 6.61 Å². The number of ether oxygens (including phenoxy) is 2. The van der Waals surface area contributed by atoms with E-state index in [-0.39, 0.29) is 6.10 Å². The first-order chi connectivity index (χ1) is 7.71. The summed E-state index contributed by atoms with van der Waals surface area (Å²) in [7, 11) is 0. The first-order valence-electron chi connectivity index (χ1n) is 6.22. The fourth-order valence-corrected chi connectivity index (χ4v) is 2.42. The lowest BCUT2D eigenvalue weighted by Gasteiger charge is -2.29. The van der Waals surface area contributed by atoms with Gasteiger partial charge >= 0.3 is 5.97 Å². The fraction of sp³-hybridized carbons (Fsp3) is 0.917. The molecule has 92 valence electrons. The first-order valence-corrected chi connectivity index (χ1v) is 6.22. The van der Waals surface area contributed by atoms with Gasteiger partial charge in [0.25, 0.3) is 0 Å². The van der Waals surface area contributed by atoms with E-state index in [4.69, 9.17) is 9.47 Å². The van der Waals surface area contributed by atoms with Crippen molar-refractivity contribution in [2.45, 2.75) is 56.7 Å². The van der Waals surface area contributed by atoms with Crippen LogP contribution in [0.3, 0.4) is 0 Å². The van der Waals surface area contributed by atoms with Crippen LogP contribution in [0.25, 0.3) is 0 Å². The molecule has 1 N–H and O–H groups in total. The second-order valence-corrected chi connectivity index (χ2v) is 4.83. The number of hydrogen-bond donors (Lipinski definition) is 1. The van der Waals surface area contributed by atoms with Gasteiger partial charge in [-0.1, -0.05) is 6.42 Å². The van der Waals surface area contributed by atoms with E-state index >= 15 is 0 Å². The lowest BCUT2D eigenvalue weighted by molar-refractivity contribution is -0.171. The van der Waals surface area contributed by atoms with Crippen LogP contribution in [0.4, 0.5) is 0 Å². The summed E-state index contributed by atoms with van der Waals surface area (Å²) in [6, 6.07) is 0. The van der Waals surface area contributed by atoms with Crippen LogP contribution in [0, 0.1) is 0 Å². The SMILES string of the molecule is O=C(OC[C@@H]1CCCO1)C1(O)CCCCC1. The van der Waals surface area contributed by atoms with E-state index in [1.165, 1.54) is 0 Å². The molecular weight excluding hydrogens is 208 g/mol. The molecule has 16 heavy (non-hydrogen) atoms. The average Bonchev–Trinajstić information content (AvgIpc) is 2.79. The van der Waals surface area contributed by atoms with E-state index in [9.17, 15) is 9.90 Å². The molecule has 2 rings (SSSR count). The maximum absolute atomic E-state index is 11.7. The van der Waals surface area contributed by atoms with Crippen molar-refractivity contribution in [2.24, 2.45) is 0 Å². The highest BCUT2D eigenvalue weighted by Gasteiger charge is 2.39. The zero-order valence-electron chi connectivity index (χ0n) is 9.61. The molecule has 0 aromatic carbocycles. The third-order valence-electron chi connectivity index (χ3n) is 3.48. The van der Waals surface area contributed by atoms with Gasteiger partial charge in [0.15, 0.2) is 5.60 Å². The van der Waals surface area contributed by atoms with Crippen LogP contribution >= 0.6 is 0 Å². The van der Waals surface area contributed by atoms with Crippen molar-refractivity contribution in [1.82, 2.24) is 0 Å². The summed E-state index contributed by atoms with van der Waals surface area (Å²) in [5, 5.41) is 10.1. The quantitative estimate of drug-likeness (QED) is 0.742. The fourth-order valence-electron chi connectivity index (χ4n) is 2.42. The van der Waals surface area contributed by atoms with Gasteiger partial charge in [-0.3, -0.25) is 0 Å². The standard InChI is InChI=1S/C12H20O4/c13-11(12(14)6-2-1-3-7-12)16-9-10-5-4-8-15-10/h10,14H,1-9H2/t10-/m0/s1. The van der Waals surface area contributed by atoms with E-state index < -0.39 is 11.6 Å². The summed E-state index contributed by atoms with van der Waals surface area (Å²) in [6.45, 7) is 1.05. The van der Waals surface area contributed by atoms with E-state index in [2.05, 4.69) is 0 Å². The highest BCUT2D eigenvalue weighted by Crippen LogP contribution is 2.29. The number of carbonyl (C=O) groups excluding carboxylic acids is 1. The molecule has 1 aliphatic carbocycles. The van der Waals surface area contributed by atoms with Crippen molar-refractivity contribution >= 4 is 5.97 Å². The molecule has 0 aromatic rings. The predicted octanol–water partition coefficient (Wildman–Crippen LogP) is 1.40. The smallest absolute Gasteiger partial charge is 0.338 e. The maximum Gasteiger partial charge on any atom is 0.338 e. The van der Waals surface area contributed by atoms with Gasteiger partial charge in [-0.05, 0) is 38.5 Å². The Bertz CT molecular complexity index is 239. The predicted molar refractivity (Wildman–Crippen MR) is 58.0 cm³/mol. The molecule has 2 fully saturated rings. The molecule has 1 saturated heterocycles. The van der Waals surface area contributed by atoms with Crippen molar-refractivity contribution in [2.75, 3.05) is 13.2 Å². The Hall–Kier alpha value is -0.610. The molecule has 0 unspecified atom stereocenters. The maximum atomic E-state index is 11.7. The summed E-state index contributed by atoms with van der Waals surface area (Å²) in [5.41, 5.74) is -1.23. The Labute approximate surface area is 95.9 Å². The number of esters is 1. The van der Waals surface area contributed by atoms with Crippen molar-refractivity contribution in [3.05, 3.63) is 0 Å². The van der Waals surface area contributed by atoms with Gasteiger partial charge in [-0.2, -0.15) is 0 Å². The van der Waals surface area contributed by atoms with Crippen molar-refractivity contribution < 1.29 is 19.4 Å². The minimum atomic E-state index is -1.23. The minimum Gasteiger partial charge on any atom is -0.461 e. The van der Waals surface area contributed by atoms with Crippen LogP contribution in [-0.4, -0.2) is 36.0 Å². The largest absolute Gasteiger partial charge is 0.461 e. The highest BCUT2D eigenvalue weighted by molar-refractivity contribution is 5.79. The molecule has 0 radical (unpaired) electrons. The molecule has 0 aromatic heterocycles. The summed E-state index contributed by atoms with van der Waals surface area (Å²) in [5.74, 6) is -0.456. The lowest BCUT2D eigenvalue weighted by atomic mass is 9.85. The van der Waals surface area contributed by atoms with Crippen LogP contribution in [0.1, 0.15) is 44.9 Å². The summed E-state index contributed by atoms with van der Waals surface area (Å²) in [4.78, 5) is 11.7. The Morgan fingerprint density at radius 2 is 2.06 bits per heavy atom. The van der Waals surface area contributed by atoms with Gasteiger partial charge in [0.05, 0.1) is 6.10 Å². The third kappa shape index (κ3) is 2.74. The molecule has 1 saturated carbocycles. The lowest BCUT2D eigenvalue weighted by Crippen LogP contribution is -2.42. The van der Waals surface area contributed by atoms with E-state index in [0.717, 1.165) is 38.7 Å². The zero-order valence-corrected chi connectivity index (χ0v) is 9.61. The number of aliphatic hydroxyl groups is 1. The second-order valence-electron chi connectivity index (χ2n) is 4.83. The molecule has 0 amide bonds. The topological polar surface area (TPSA) is 55.8 Å². The Balaban J connectivity index is 1.77. The van der Waals surface area contributed by atoms with Crippen molar-refractivity contribution in [3.8, 4) is 0 Å². The molecule has 1 aliphatic heterocycles. The summed E-state index contributed by atoms with van der Waals surface area (Å²) < 4.78 is 10.5. The average molecular weight is 228 g/mol. The number of hydrogen-bond acceptors (Lipinski definition) is 4. The molecule has 0 spiro atoms. The monoisotopic (exact) mass is 228 g/mol. The molecular formula is C12H20O4. The van der Waals surface area contributed by atoms with Crippen molar-refractivity contribution in [1.29, 1.82) is 0 Å². The van der Waals surface area contributed by atoms with E-state index in [1.807, 2.05) is 0 Å². The van der Waals surface area contributed by atoms with Crippen LogP contribution < -0.4 is 0 Å². The highest BCUT2D eigenvalue weighted by atomic mass is 16.6. The Kier molecular flexibility index (Phi) is 3.82. The zero-order chi connectivity index (χ0) is 11.4. The summed E-state index contributed by atoms with van der Waals surface area (Å²) >= 11 is 0. The molecule has 4 nitrogen and oxygen atoms in total. The molecule has 1 atom stereocenters. The van der Waals surface area contributed by atoms with Crippen LogP contribution in [0.2, 0.25) is 0 Å². The number of rotatable bonds is 3. The molecule has 2 aliphatic rings. The van der Waals surface area contributed by atoms with Crippen LogP contribution in [0.15, 0.2) is 0 Å². The van der Waals surface area contributed by atoms with Gasteiger partial charge in [0.2, 0.25) is 0 Å². The molecule has 0 bridgehead atoms. The van der Waals surface area contributed by atoms with Crippen LogP contribution in [0.5, 0.6) is 0 Å². The minimum absolute atomic E-state index is 0.0381. The van der Waals surface area contributed by atoms with Crippen molar-refractivity contribution in [3.63, 3.8) is 0 Å². The van der Waals surface area contributed by atoms with Gasteiger partial charge in [-0.15, -0.1) is 0 Å². The molecule has 1 heterocycles. The van der Waals surface area contributed by atoms with Gasteiger partial charge in [0.1, 0.15) is 6.61 Å².